The lowest BCUT2D eigenvalue weighted by Gasteiger charge is -2.12. The van der Waals surface area contributed by atoms with Gasteiger partial charge in [0.2, 0.25) is 0 Å². The highest BCUT2D eigenvalue weighted by Gasteiger charge is 2.14. The molecule has 0 aromatic heterocycles. The highest BCUT2D eigenvalue weighted by molar-refractivity contribution is 9.10. The minimum absolute atomic E-state index is 0.352. The third-order valence-corrected chi connectivity index (χ3v) is 2.59. The molecule has 1 nitrogen and oxygen atoms in total. The molecule has 0 aliphatic rings. The fraction of sp³-hybridized carbons (Fsp3) is 0.400. The Morgan fingerprint density at radius 1 is 1.54 bits per heavy atom. The molecule has 1 atom stereocenters. The fourth-order valence-corrected chi connectivity index (χ4v) is 1.85. The van der Waals surface area contributed by atoms with E-state index in [0.29, 0.717) is 16.5 Å². The second kappa shape index (κ2) is 4.72. The molecule has 1 N–H and O–H groups in total. The van der Waals surface area contributed by atoms with Gasteiger partial charge in [0, 0.05) is 10.0 Å². The highest BCUT2D eigenvalue weighted by Crippen LogP contribution is 2.28. The molecule has 0 aliphatic carbocycles. The Bertz CT molecular complexity index is 268. The van der Waals surface area contributed by atoms with Gasteiger partial charge in [-0.3, -0.25) is 0 Å². The first-order valence-corrected chi connectivity index (χ1v) is 5.08. The summed E-state index contributed by atoms with van der Waals surface area (Å²) in [6, 6.07) is 4.71. The van der Waals surface area contributed by atoms with E-state index in [4.69, 9.17) is 0 Å². The molecule has 0 spiro atoms. The van der Waals surface area contributed by atoms with E-state index >= 15 is 0 Å². The monoisotopic (exact) mass is 246 g/mol. The van der Waals surface area contributed by atoms with Gasteiger partial charge in [-0.05, 0) is 18.6 Å². The average Bonchev–Trinajstić information content (AvgIpc) is 2.04. The molecule has 0 fully saturated rings. The fourth-order valence-electron chi connectivity index (χ4n) is 1.25. The lowest BCUT2D eigenvalue weighted by Crippen LogP contribution is -2.01. The largest absolute Gasteiger partial charge is 0.388 e. The molecule has 0 radical (unpaired) electrons. The van der Waals surface area contributed by atoms with Crippen molar-refractivity contribution in [3.8, 4) is 0 Å². The molecule has 1 aromatic rings. The molecule has 3 heteroatoms. The summed E-state index contributed by atoms with van der Waals surface area (Å²) in [6.45, 7) is 1.96. The Hall–Kier alpha value is -0.410. The van der Waals surface area contributed by atoms with Crippen LogP contribution in [0.15, 0.2) is 22.7 Å². The number of hydrogen-bond acceptors (Lipinski definition) is 1. The summed E-state index contributed by atoms with van der Waals surface area (Å²) < 4.78 is 13.9. The first-order chi connectivity index (χ1) is 6.16. The van der Waals surface area contributed by atoms with Gasteiger partial charge in [0.25, 0.3) is 0 Å². The quantitative estimate of drug-likeness (QED) is 0.867. The predicted octanol–water partition coefficient (Wildman–Crippen LogP) is 3.42. The first-order valence-electron chi connectivity index (χ1n) is 4.28. The summed E-state index contributed by atoms with van der Waals surface area (Å²) >= 11 is 3.22. The standard InChI is InChI=1S/C10H12BrFO/c1-2-4-9(13)10-7(11)5-3-6-8(10)12/h3,5-6,9,13H,2,4H2,1H3/t9-/m0/s1. The molecule has 0 aliphatic heterocycles. The van der Waals surface area contributed by atoms with Crippen LogP contribution >= 0.6 is 15.9 Å². The first kappa shape index (κ1) is 10.7. The van der Waals surface area contributed by atoms with Gasteiger partial charge in [-0.15, -0.1) is 0 Å². The summed E-state index contributed by atoms with van der Waals surface area (Å²) in [4.78, 5) is 0. The molecule has 0 amide bonds. The predicted molar refractivity (Wildman–Crippen MR) is 54.0 cm³/mol. The van der Waals surface area contributed by atoms with E-state index in [1.54, 1.807) is 12.1 Å². The Morgan fingerprint density at radius 3 is 2.77 bits per heavy atom. The van der Waals surface area contributed by atoms with Crippen molar-refractivity contribution in [1.29, 1.82) is 0 Å². The van der Waals surface area contributed by atoms with Crippen molar-refractivity contribution in [3.05, 3.63) is 34.1 Å². The van der Waals surface area contributed by atoms with Gasteiger partial charge in [0.05, 0.1) is 6.10 Å². The van der Waals surface area contributed by atoms with Crippen molar-refractivity contribution in [1.82, 2.24) is 0 Å². The molecular formula is C10H12BrFO. The van der Waals surface area contributed by atoms with E-state index in [1.807, 2.05) is 6.92 Å². The average molecular weight is 247 g/mol. The zero-order valence-corrected chi connectivity index (χ0v) is 9.01. The smallest absolute Gasteiger partial charge is 0.130 e. The van der Waals surface area contributed by atoms with Crippen molar-refractivity contribution in [3.63, 3.8) is 0 Å². The minimum atomic E-state index is -0.708. The second-order valence-corrected chi connectivity index (χ2v) is 3.79. The van der Waals surface area contributed by atoms with Crippen LogP contribution in [0.4, 0.5) is 4.39 Å². The molecule has 72 valence electrons. The lowest BCUT2D eigenvalue weighted by atomic mass is 10.1. The summed E-state index contributed by atoms with van der Waals surface area (Å²) in [5.41, 5.74) is 0.365. The Balaban J connectivity index is 2.98. The van der Waals surface area contributed by atoms with Crippen molar-refractivity contribution in [2.24, 2.45) is 0 Å². The Labute approximate surface area is 85.7 Å². The normalized spacial score (nSPS) is 12.9. The number of aliphatic hydroxyl groups excluding tert-OH is 1. The lowest BCUT2D eigenvalue weighted by molar-refractivity contribution is 0.161. The number of hydrogen-bond donors (Lipinski definition) is 1. The molecule has 0 bridgehead atoms. The van der Waals surface area contributed by atoms with E-state index < -0.39 is 6.10 Å². The third kappa shape index (κ3) is 2.51. The number of benzene rings is 1. The highest BCUT2D eigenvalue weighted by atomic mass is 79.9. The zero-order chi connectivity index (χ0) is 9.84. The summed E-state index contributed by atoms with van der Waals surface area (Å²) in [5, 5.41) is 9.61. The van der Waals surface area contributed by atoms with Gasteiger partial charge >= 0.3 is 0 Å². The minimum Gasteiger partial charge on any atom is -0.388 e. The maximum absolute atomic E-state index is 13.2. The van der Waals surface area contributed by atoms with Crippen molar-refractivity contribution >= 4 is 15.9 Å². The van der Waals surface area contributed by atoms with Crippen LogP contribution in [0.2, 0.25) is 0 Å². The molecule has 1 aromatic carbocycles. The molecule has 1 rings (SSSR count). The van der Waals surface area contributed by atoms with Crippen molar-refractivity contribution in [2.75, 3.05) is 0 Å². The van der Waals surface area contributed by atoms with Gasteiger partial charge in [0.1, 0.15) is 5.82 Å². The van der Waals surface area contributed by atoms with E-state index in [-0.39, 0.29) is 5.82 Å². The Morgan fingerprint density at radius 2 is 2.23 bits per heavy atom. The molecule has 0 heterocycles. The van der Waals surface area contributed by atoms with Gasteiger partial charge in [-0.2, -0.15) is 0 Å². The number of halogens is 2. The molecule has 0 saturated heterocycles. The maximum atomic E-state index is 13.2. The van der Waals surface area contributed by atoms with Crippen LogP contribution < -0.4 is 0 Å². The summed E-state index contributed by atoms with van der Waals surface area (Å²) in [7, 11) is 0. The van der Waals surface area contributed by atoms with Crippen LogP contribution in [-0.2, 0) is 0 Å². The van der Waals surface area contributed by atoms with E-state index in [9.17, 15) is 9.50 Å². The van der Waals surface area contributed by atoms with Crippen LogP contribution in [-0.4, -0.2) is 5.11 Å². The van der Waals surface area contributed by atoms with Crippen LogP contribution in [0.25, 0.3) is 0 Å². The zero-order valence-electron chi connectivity index (χ0n) is 7.43. The topological polar surface area (TPSA) is 20.2 Å². The van der Waals surface area contributed by atoms with Gasteiger partial charge in [-0.25, -0.2) is 4.39 Å². The molecular weight excluding hydrogens is 235 g/mol. The Kier molecular flexibility index (Phi) is 3.88. The third-order valence-electron chi connectivity index (χ3n) is 1.90. The van der Waals surface area contributed by atoms with E-state index in [0.717, 1.165) is 6.42 Å². The van der Waals surface area contributed by atoms with Gasteiger partial charge < -0.3 is 5.11 Å². The molecule has 0 saturated carbocycles. The SMILES string of the molecule is CCC[C@H](O)c1c(F)cccc1Br. The van der Waals surface area contributed by atoms with Crippen molar-refractivity contribution < 1.29 is 9.50 Å². The van der Waals surface area contributed by atoms with E-state index in [2.05, 4.69) is 15.9 Å². The van der Waals surface area contributed by atoms with Gasteiger partial charge in [-0.1, -0.05) is 35.3 Å². The maximum Gasteiger partial charge on any atom is 0.130 e. The van der Waals surface area contributed by atoms with Crippen molar-refractivity contribution in [2.45, 2.75) is 25.9 Å². The second-order valence-electron chi connectivity index (χ2n) is 2.94. The van der Waals surface area contributed by atoms with Crippen LogP contribution in [0, 0.1) is 5.82 Å². The van der Waals surface area contributed by atoms with E-state index in [1.165, 1.54) is 6.07 Å². The van der Waals surface area contributed by atoms with Gasteiger partial charge in [0.15, 0.2) is 0 Å². The van der Waals surface area contributed by atoms with Crippen LogP contribution in [0.3, 0.4) is 0 Å². The number of aliphatic hydroxyl groups is 1. The molecule has 0 unspecified atom stereocenters. The van der Waals surface area contributed by atoms with Crippen LogP contribution in [0.5, 0.6) is 0 Å². The summed E-state index contributed by atoms with van der Waals surface area (Å²) in [6.07, 6.45) is 0.710. The molecule has 13 heavy (non-hydrogen) atoms. The summed E-state index contributed by atoms with van der Waals surface area (Å²) in [5.74, 6) is -0.352. The number of rotatable bonds is 3. The van der Waals surface area contributed by atoms with Crippen LogP contribution in [0.1, 0.15) is 31.4 Å².